The molecule has 1 aromatic rings. The third-order valence-corrected chi connectivity index (χ3v) is 2.82. The predicted octanol–water partition coefficient (Wildman–Crippen LogP) is 0.517. The lowest BCUT2D eigenvalue weighted by Gasteiger charge is -2.05. The molecule has 5 nitrogen and oxygen atoms in total. The van der Waals surface area contributed by atoms with Gasteiger partial charge in [-0.05, 0) is 19.4 Å². The van der Waals surface area contributed by atoms with Gasteiger partial charge in [-0.25, -0.2) is 8.42 Å². The summed E-state index contributed by atoms with van der Waals surface area (Å²) >= 11 is 0. The zero-order valence-corrected chi connectivity index (χ0v) is 9.84. The number of ether oxygens (including phenoxy) is 1. The van der Waals surface area contributed by atoms with E-state index in [9.17, 15) is 8.42 Å². The Morgan fingerprint density at radius 3 is 2.53 bits per heavy atom. The Morgan fingerprint density at radius 2 is 2.00 bits per heavy atom. The Kier molecular flexibility index (Phi) is 3.62. The van der Waals surface area contributed by atoms with Crippen molar-refractivity contribution in [3.63, 3.8) is 0 Å². The highest BCUT2D eigenvalue weighted by Gasteiger charge is 2.04. The molecule has 0 N–H and O–H groups in total. The lowest BCUT2D eigenvalue weighted by molar-refractivity contribution is 0.323. The van der Waals surface area contributed by atoms with E-state index in [0.717, 1.165) is 11.3 Å². The lowest BCUT2D eigenvalue weighted by Crippen LogP contribution is -2.13. The van der Waals surface area contributed by atoms with Crippen LogP contribution in [-0.2, 0) is 9.84 Å². The molecule has 6 heteroatoms. The summed E-state index contributed by atoms with van der Waals surface area (Å²) in [6.07, 6.45) is 1.17. The molecule has 0 amide bonds. The summed E-state index contributed by atoms with van der Waals surface area (Å²) in [5.74, 6) is 0.350. The zero-order chi connectivity index (χ0) is 11.5. The van der Waals surface area contributed by atoms with Crippen LogP contribution in [0.25, 0.3) is 0 Å². The van der Waals surface area contributed by atoms with E-state index in [1.165, 1.54) is 6.26 Å². The van der Waals surface area contributed by atoms with E-state index in [1.807, 2.05) is 13.8 Å². The zero-order valence-electron chi connectivity index (χ0n) is 9.02. The molecule has 0 spiro atoms. The van der Waals surface area contributed by atoms with Crippen molar-refractivity contribution >= 4 is 9.84 Å². The standard InChI is InChI=1S/C9H14N2O3S/c1-7-6-9(11-10-8(7)2)14-4-5-15(3,12)13/h6H,4-5H2,1-3H3. The second-order valence-electron chi connectivity index (χ2n) is 3.43. The maximum atomic E-state index is 10.8. The first-order valence-electron chi connectivity index (χ1n) is 4.50. The van der Waals surface area contributed by atoms with Gasteiger partial charge in [0.15, 0.2) is 9.84 Å². The van der Waals surface area contributed by atoms with Crippen molar-refractivity contribution in [2.75, 3.05) is 18.6 Å². The van der Waals surface area contributed by atoms with Crippen molar-refractivity contribution in [2.24, 2.45) is 0 Å². The van der Waals surface area contributed by atoms with Gasteiger partial charge in [0.1, 0.15) is 6.61 Å². The number of hydrogen-bond acceptors (Lipinski definition) is 5. The summed E-state index contributed by atoms with van der Waals surface area (Å²) in [6, 6.07) is 1.74. The summed E-state index contributed by atoms with van der Waals surface area (Å²) in [4.78, 5) is 0. The van der Waals surface area contributed by atoms with Crippen LogP contribution in [0.3, 0.4) is 0 Å². The molecule has 0 aliphatic carbocycles. The molecular weight excluding hydrogens is 216 g/mol. The van der Waals surface area contributed by atoms with E-state index >= 15 is 0 Å². The van der Waals surface area contributed by atoms with E-state index in [0.29, 0.717) is 5.88 Å². The fourth-order valence-electron chi connectivity index (χ4n) is 0.890. The van der Waals surface area contributed by atoms with E-state index in [4.69, 9.17) is 4.74 Å². The second kappa shape index (κ2) is 4.57. The van der Waals surface area contributed by atoms with E-state index in [2.05, 4.69) is 10.2 Å². The highest BCUT2D eigenvalue weighted by atomic mass is 32.2. The molecule has 0 aliphatic rings. The van der Waals surface area contributed by atoms with Gasteiger partial charge in [-0.15, -0.1) is 5.10 Å². The lowest BCUT2D eigenvalue weighted by atomic mass is 10.2. The van der Waals surface area contributed by atoms with Crippen molar-refractivity contribution < 1.29 is 13.2 Å². The van der Waals surface area contributed by atoms with Crippen LogP contribution in [0.2, 0.25) is 0 Å². The highest BCUT2D eigenvalue weighted by molar-refractivity contribution is 7.90. The smallest absolute Gasteiger partial charge is 0.233 e. The Hall–Kier alpha value is -1.17. The van der Waals surface area contributed by atoms with Crippen LogP contribution >= 0.6 is 0 Å². The van der Waals surface area contributed by atoms with Crippen molar-refractivity contribution in [1.82, 2.24) is 10.2 Å². The van der Waals surface area contributed by atoms with E-state index in [1.54, 1.807) is 6.07 Å². The average molecular weight is 230 g/mol. The molecule has 1 rings (SSSR count). The van der Waals surface area contributed by atoms with Crippen LogP contribution in [0.15, 0.2) is 6.07 Å². The normalized spacial score (nSPS) is 11.4. The largest absolute Gasteiger partial charge is 0.476 e. The van der Waals surface area contributed by atoms with Gasteiger partial charge < -0.3 is 4.74 Å². The molecule has 0 aromatic carbocycles. The molecule has 1 aromatic heterocycles. The molecule has 0 fully saturated rings. The maximum absolute atomic E-state index is 10.8. The van der Waals surface area contributed by atoms with Gasteiger partial charge in [0.25, 0.3) is 0 Å². The van der Waals surface area contributed by atoms with Crippen molar-refractivity contribution in [3.05, 3.63) is 17.3 Å². The Morgan fingerprint density at radius 1 is 1.33 bits per heavy atom. The number of nitrogens with zero attached hydrogens (tertiary/aromatic N) is 2. The minimum atomic E-state index is -2.99. The third-order valence-electron chi connectivity index (χ3n) is 1.91. The molecule has 0 aliphatic heterocycles. The fraction of sp³-hybridized carbons (Fsp3) is 0.556. The Bertz CT molecular complexity index is 443. The maximum Gasteiger partial charge on any atom is 0.233 e. The minimum Gasteiger partial charge on any atom is -0.476 e. The molecule has 1 heterocycles. The van der Waals surface area contributed by atoms with Gasteiger partial charge >= 0.3 is 0 Å². The number of hydrogen-bond donors (Lipinski definition) is 0. The number of rotatable bonds is 4. The van der Waals surface area contributed by atoms with Crippen LogP contribution in [0.1, 0.15) is 11.3 Å². The predicted molar refractivity (Wildman–Crippen MR) is 56.7 cm³/mol. The Labute approximate surface area is 89.4 Å². The van der Waals surface area contributed by atoms with Crippen molar-refractivity contribution in [3.8, 4) is 5.88 Å². The SMILES string of the molecule is Cc1cc(OCCS(C)(=O)=O)nnc1C. The molecule has 0 bridgehead atoms. The molecule has 84 valence electrons. The summed E-state index contributed by atoms with van der Waals surface area (Å²) in [5.41, 5.74) is 1.81. The molecule has 0 saturated carbocycles. The molecule has 0 unspecified atom stereocenters. The van der Waals surface area contributed by atoms with Crippen LogP contribution < -0.4 is 4.74 Å². The number of aryl methyl sites for hydroxylation is 2. The van der Waals surface area contributed by atoms with Gasteiger partial charge in [0, 0.05) is 12.3 Å². The summed E-state index contributed by atoms with van der Waals surface area (Å²) in [7, 11) is -2.99. The van der Waals surface area contributed by atoms with Crippen LogP contribution in [0, 0.1) is 13.8 Å². The summed E-state index contributed by atoms with van der Waals surface area (Å²) in [5, 5.41) is 7.66. The van der Waals surface area contributed by atoms with Gasteiger partial charge in [-0.2, -0.15) is 5.10 Å². The molecule has 0 atom stereocenters. The molecule has 15 heavy (non-hydrogen) atoms. The van der Waals surface area contributed by atoms with Crippen molar-refractivity contribution in [1.29, 1.82) is 0 Å². The van der Waals surface area contributed by atoms with Crippen LogP contribution in [0.4, 0.5) is 0 Å². The highest BCUT2D eigenvalue weighted by Crippen LogP contribution is 2.09. The minimum absolute atomic E-state index is 0.0123. The number of sulfone groups is 1. The van der Waals surface area contributed by atoms with Crippen LogP contribution in [0.5, 0.6) is 5.88 Å². The molecular formula is C9H14N2O3S. The first kappa shape index (κ1) is 11.9. The first-order chi connectivity index (χ1) is 6.88. The third kappa shape index (κ3) is 4.24. The van der Waals surface area contributed by atoms with E-state index < -0.39 is 9.84 Å². The van der Waals surface area contributed by atoms with Crippen LogP contribution in [-0.4, -0.2) is 37.2 Å². The molecule has 0 radical (unpaired) electrons. The fourth-order valence-corrected chi connectivity index (χ4v) is 1.28. The van der Waals surface area contributed by atoms with E-state index in [-0.39, 0.29) is 12.4 Å². The van der Waals surface area contributed by atoms with Gasteiger partial charge in [-0.3, -0.25) is 0 Å². The topological polar surface area (TPSA) is 69.2 Å². The monoisotopic (exact) mass is 230 g/mol. The number of aromatic nitrogens is 2. The quantitative estimate of drug-likeness (QED) is 0.754. The van der Waals surface area contributed by atoms with Crippen molar-refractivity contribution in [2.45, 2.75) is 13.8 Å². The van der Waals surface area contributed by atoms with Gasteiger partial charge in [-0.1, -0.05) is 0 Å². The summed E-state index contributed by atoms with van der Waals surface area (Å²) < 4.78 is 26.8. The first-order valence-corrected chi connectivity index (χ1v) is 6.56. The van der Waals surface area contributed by atoms with Gasteiger partial charge in [0.05, 0.1) is 11.4 Å². The average Bonchev–Trinajstić information content (AvgIpc) is 2.09. The Balaban J connectivity index is 2.55. The van der Waals surface area contributed by atoms with Gasteiger partial charge in [0.2, 0.25) is 5.88 Å². The summed E-state index contributed by atoms with van der Waals surface area (Å²) in [6.45, 7) is 3.85. The second-order valence-corrected chi connectivity index (χ2v) is 5.69. The molecule has 0 saturated heterocycles.